The maximum absolute atomic E-state index is 11.0. The van der Waals surface area contributed by atoms with Crippen molar-refractivity contribution in [2.75, 3.05) is 26.9 Å². The van der Waals surface area contributed by atoms with E-state index in [4.69, 9.17) is 24.2 Å². The van der Waals surface area contributed by atoms with Crippen molar-refractivity contribution >= 4 is 11.7 Å². The first kappa shape index (κ1) is 21.2. The van der Waals surface area contributed by atoms with E-state index in [0.29, 0.717) is 19.8 Å². The van der Waals surface area contributed by atoms with Gasteiger partial charge in [-0.05, 0) is 55.5 Å². The van der Waals surface area contributed by atoms with Crippen LogP contribution in [0.2, 0.25) is 0 Å². The zero-order valence-electron chi connectivity index (χ0n) is 16.3. The number of carboxylic acid groups (broad SMARTS) is 1. The summed E-state index contributed by atoms with van der Waals surface area (Å²) in [6, 6.07) is 7.76. The summed E-state index contributed by atoms with van der Waals surface area (Å²) in [4.78, 5) is 16.5. The Hall–Kier alpha value is -2.12. The van der Waals surface area contributed by atoms with Gasteiger partial charge in [0.25, 0.3) is 5.79 Å². The molecule has 1 aliphatic rings. The van der Waals surface area contributed by atoms with Crippen LogP contribution in [0.25, 0.3) is 0 Å². The van der Waals surface area contributed by atoms with Gasteiger partial charge in [0.2, 0.25) is 0 Å². The Bertz CT molecular complexity index is 620. The van der Waals surface area contributed by atoms with Crippen LogP contribution in [-0.2, 0) is 19.1 Å². The summed E-state index contributed by atoms with van der Waals surface area (Å²) in [6.07, 6.45) is 3.50. The number of oxime groups is 1. The Kier molecular flexibility index (Phi) is 8.06. The van der Waals surface area contributed by atoms with Crippen LogP contribution in [0.15, 0.2) is 29.4 Å². The number of carbonyl (C=O) groups is 1. The highest BCUT2D eigenvalue weighted by Gasteiger charge is 2.40. The van der Waals surface area contributed by atoms with E-state index in [1.165, 1.54) is 6.92 Å². The Morgan fingerprint density at radius 1 is 1.26 bits per heavy atom. The SMILES string of the molecule is CC/C(=N/OCCCCC1COC(C)(C(=O)O)OC1)c1ccc(OC)cc1. The van der Waals surface area contributed by atoms with Crippen LogP contribution in [0.3, 0.4) is 0 Å². The third-order valence-corrected chi connectivity index (χ3v) is 4.61. The van der Waals surface area contributed by atoms with Crippen molar-refractivity contribution in [2.45, 2.75) is 45.3 Å². The van der Waals surface area contributed by atoms with Gasteiger partial charge < -0.3 is 24.2 Å². The van der Waals surface area contributed by atoms with Crippen LogP contribution < -0.4 is 4.74 Å². The van der Waals surface area contributed by atoms with Crippen molar-refractivity contribution in [1.82, 2.24) is 0 Å². The average molecular weight is 379 g/mol. The summed E-state index contributed by atoms with van der Waals surface area (Å²) in [5.74, 6) is -1.57. The molecule has 2 rings (SSSR count). The molecule has 0 aromatic heterocycles. The minimum Gasteiger partial charge on any atom is -0.497 e. The molecule has 1 N–H and O–H groups in total. The first-order chi connectivity index (χ1) is 13.0. The van der Waals surface area contributed by atoms with Crippen LogP contribution in [-0.4, -0.2) is 49.5 Å². The number of nitrogens with zero attached hydrogens (tertiary/aromatic N) is 1. The molecule has 0 amide bonds. The molecule has 0 saturated carbocycles. The molecular weight excluding hydrogens is 350 g/mol. The molecule has 0 aliphatic carbocycles. The summed E-state index contributed by atoms with van der Waals surface area (Å²) in [5, 5.41) is 13.3. The molecule has 7 nitrogen and oxygen atoms in total. The lowest BCUT2D eigenvalue weighted by Gasteiger charge is -2.34. The second-order valence-corrected chi connectivity index (χ2v) is 6.69. The van der Waals surface area contributed by atoms with E-state index >= 15 is 0 Å². The molecule has 0 bridgehead atoms. The number of methoxy groups -OCH3 is 1. The maximum Gasteiger partial charge on any atom is 0.364 e. The molecule has 1 heterocycles. The molecule has 0 unspecified atom stereocenters. The van der Waals surface area contributed by atoms with Gasteiger partial charge >= 0.3 is 5.97 Å². The smallest absolute Gasteiger partial charge is 0.364 e. The van der Waals surface area contributed by atoms with E-state index < -0.39 is 11.8 Å². The van der Waals surface area contributed by atoms with Crippen LogP contribution in [0, 0.1) is 5.92 Å². The third-order valence-electron chi connectivity index (χ3n) is 4.61. The summed E-state index contributed by atoms with van der Waals surface area (Å²) in [5.41, 5.74) is 1.93. The first-order valence-corrected chi connectivity index (χ1v) is 9.33. The first-order valence-electron chi connectivity index (χ1n) is 9.33. The number of benzene rings is 1. The Morgan fingerprint density at radius 2 is 1.93 bits per heavy atom. The van der Waals surface area contributed by atoms with Crippen LogP contribution in [0.1, 0.15) is 45.1 Å². The molecule has 1 aromatic rings. The average Bonchev–Trinajstić information content (AvgIpc) is 2.69. The van der Waals surface area contributed by atoms with Gasteiger partial charge in [0.1, 0.15) is 12.4 Å². The summed E-state index contributed by atoms with van der Waals surface area (Å²) in [6.45, 7) is 4.82. The second-order valence-electron chi connectivity index (χ2n) is 6.69. The van der Waals surface area contributed by atoms with E-state index in [0.717, 1.165) is 42.7 Å². The molecule has 7 heteroatoms. The van der Waals surface area contributed by atoms with Gasteiger partial charge in [-0.1, -0.05) is 12.1 Å². The van der Waals surface area contributed by atoms with Crippen molar-refractivity contribution in [3.05, 3.63) is 29.8 Å². The van der Waals surface area contributed by atoms with Gasteiger partial charge in [-0.3, -0.25) is 0 Å². The number of aliphatic carboxylic acids is 1. The largest absolute Gasteiger partial charge is 0.497 e. The van der Waals surface area contributed by atoms with Crippen LogP contribution in [0.4, 0.5) is 0 Å². The second kappa shape index (κ2) is 10.3. The fourth-order valence-corrected chi connectivity index (χ4v) is 2.76. The van der Waals surface area contributed by atoms with E-state index in [-0.39, 0.29) is 5.92 Å². The fraction of sp³-hybridized carbons (Fsp3) is 0.600. The standard InChI is InChI=1S/C20H29NO6/c1-4-18(16-8-10-17(24-3)11-9-16)21-27-12-6-5-7-15-13-25-20(2,19(22)23)26-14-15/h8-11,15H,4-7,12-14H2,1-3H3,(H,22,23)/b21-18-. The predicted octanol–water partition coefficient (Wildman–Crippen LogP) is 3.46. The quantitative estimate of drug-likeness (QED) is 0.381. The minimum absolute atomic E-state index is 0.214. The van der Waals surface area contributed by atoms with Gasteiger partial charge in [0.15, 0.2) is 0 Å². The Labute approximate surface area is 160 Å². The Morgan fingerprint density at radius 3 is 2.48 bits per heavy atom. The molecule has 1 saturated heterocycles. The lowest BCUT2D eigenvalue weighted by Crippen LogP contribution is -2.47. The van der Waals surface area contributed by atoms with Crippen LogP contribution >= 0.6 is 0 Å². The highest BCUT2D eigenvalue weighted by atomic mass is 16.7. The van der Waals surface area contributed by atoms with E-state index in [9.17, 15) is 4.79 Å². The third kappa shape index (κ3) is 6.22. The van der Waals surface area contributed by atoms with Crippen molar-refractivity contribution < 1.29 is 28.9 Å². The number of rotatable bonds is 10. The molecule has 1 aromatic carbocycles. The van der Waals surface area contributed by atoms with Crippen molar-refractivity contribution in [3.8, 4) is 5.75 Å². The zero-order valence-corrected chi connectivity index (χ0v) is 16.3. The Balaban J connectivity index is 1.66. The molecule has 0 spiro atoms. The normalized spacial score (nSPS) is 23.1. The van der Waals surface area contributed by atoms with Gasteiger partial charge in [-0.25, -0.2) is 4.79 Å². The molecule has 1 aliphatic heterocycles. The summed E-state index contributed by atoms with van der Waals surface area (Å²) >= 11 is 0. The monoisotopic (exact) mass is 379 g/mol. The topological polar surface area (TPSA) is 86.6 Å². The molecule has 0 atom stereocenters. The van der Waals surface area contributed by atoms with Crippen LogP contribution in [0.5, 0.6) is 5.75 Å². The lowest BCUT2D eigenvalue weighted by molar-refractivity contribution is -0.271. The fourth-order valence-electron chi connectivity index (χ4n) is 2.76. The van der Waals surface area contributed by atoms with E-state index in [1.807, 2.05) is 31.2 Å². The summed E-state index contributed by atoms with van der Waals surface area (Å²) in [7, 11) is 1.64. The van der Waals surface area contributed by atoms with E-state index in [1.54, 1.807) is 7.11 Å². The lowest BCUT2D eigenvalue weighted by atomic mass is 10.0. The zero-order chi connectivity index (χ0) is 19.7. The van der Waals surface area contributed by atoms with Gasteiger partial charge in [0, 0.05) is 12.8 Å². The number of unbranched alkanes of at least 4 members (excludes halogenated alkanes) is 1. The van der Waals surface area contributed by atoms with Crippen molar-refractivity contribution in [2.24, 2.45) is 11.1 Å². The molecule has 0 radical (unpaired) electrons. The maximum atomic E-state index is 11.0. The van der Waals surface area contributed by atoms with E-state index in [2.05, 4.69) is 5.16 Å². The number of ether oxygens (including phenoxy) is 3. The summed E-state index contributed by atoms with van der Waals surface area (Å²) < 4.78 is 15.9. The minimum atomic E-state index is -1.51. The van der Waals surface area contributed by atoms with Gasteiger partial charge in [-0.15, -0.1) is 0 Å². The number of carboxylic acids is 1. The number of hydrogen-bond acceptors (Lipinski definition) is 6. The van der Waals surface area contributed by atoms with Crippen molar-refractivity contribution in [1.29, 1.82) is 0 Å². The van der Waals surface area contributed by atoms with Gasteiger partial charge in [-0.2, -0.15) is 0 Å². The highest BCUT2D eigenvalue weighted by Crippen LogP contribution is 2.24. The molecule has 27 heavy (non-hydrogen) atoms. The molecule has 1 fully saturated rings. The predicted molar refractivity (Wildman–Crippen MR) is 101 cm³/mol. The van der Waals surface area contributed by atoms with Gasteiger partial charge in [0.05, 0.1) is 26.0 Å². The van der Waals surface area contributed by atoms with Crippen molar-refractivity contribution in [3.63, 3.8) is 0 Å². The highest BCUT2D eigenvalue weighted by molar-refractivity contribution is 6.00. The molecule has 150 valence electrons. The number of hydrogen-bond donors (Lipinski definition) is 1. The molecular formula is C20H29NO6.